The molecule has 0 fully saturated rings. The molecule has 150 valence electrons. The van der Waals surface area contributed by atoms with Crippen LogP contribution in [0.15, 0.2) is 55.0 Å². The number of ether oxygens (including phenoxy) is 1. The first-order valence-corrected chi connectivity index (χ1v) is 10.2. The van der Waals surface area contributed by atoms with Crippen molar-refractivity contribution in [3.63, 3.8) is 0 Å². The van der Waals surface area contributed by atoms with Crippen molar-refractivity contribution in [3.05, 3.63) is 60.7 Å². The lowest BCUT2D eigenvalue weighted by Crippen LogP contribution is -2.01. The van der Waals surface area contributed by atoms with E-state index in [1.807, 2.05) is 60.1 Å². The molecule has 5 rings (SSSR count). The topological polar surface area (TPSA) is 101 Å². The van der Waals surface area contributed by atoms with Gasteiger partial charge in [0.05, 0.1) is 29.1 Å². The van der Waals surface area contributed by atoms with Gasteiger partial charge in [-0.15, -0.1) is 21.5 Å². The molecule has 0 spiro atoms. The maximum atomic E-state index is 9.04. The highest BCUT2D eigenvalue weighted by Gasteiger charge is 2.22. The lowest BCUT2D eigenvalue weighted by molar-refractivity contribution is 0.201. The second kappa shape index (κ2) is 7.69. The summed E-state index contributed by atoms with van der Waals surface area (Å²) >= 11 is 1.54. The van der Waals surface area contributed by atoms with Crippen molar-refractivity contribution in [1.29, 1.82) is 0 Å². The number of pyridine rings is 1. The summed E-state index contributed by atoms with van der Waals surface area (Å²) in [6, 6.07) is 13.8. The first-order valence-electron chi connectivity index (χ1n) is 9.40. The summed E-state index contributed by atoms with van der Waals surface area (Å²) < 4.78 is 7.40. The van der Waals surface area contributed by atoms with Crippen molar-refractivity contribution in [2.45, 2.75) is 6.92 Å². The molecule has 0 unspecified atom stereocenters. The van der Waals surface area contributed by atoms with Gasteiger partial charge in [0.1, 0.15) is 28.6 Å². The van der Waals surface area contributed by atoms with Gasteiger partial charge in [-0.3, -0.25) is 0 Å². The predicted octanol–water partition coefficient (Wildman–Crippen LogP) is 3.59. The number of aromatic amines is 1. The minimum Gasteiger partial charge on any atom is -0.491 e. The molecule has 30 heavy (non-hydrogen) atoms. The van der Waals surface area contributed by atoms with Crippen LogP contribution >= 0.6 is 11.3 Å². The second-order valence-electron chi connectivity index (χ2n) is 6.63. The zero-order valence-electron chi connectivity index (χ0n) is 16.1. The number of aliphatic hydroxyl groups is 1. The van der Waals surface area contributed by atoms with Crippen LogP contribution in [-0.4, -0.2) is 48.1 Å². The number of benzene rings is 1. The van der Waals surface area contributed by atoms with Crippen molar-refractivity contribution >= 4 is 16.9 Å². The lowest BCUT2D eigenvalue weighted by atomic mass is 10.1. The minimum atomic E-state index is -0.0379. The maximum Gasteiger partial charge on any atom is 0.173 e. The quantitative estimate of drug-likeness (QED) is 0.437. The summed E-state index contributed by atoms with van der Waals surface area (Å²) in [7, 11) is 0. The Labute approximate surface area is 175 Å². The van der Waals surface area contributed by atoms with Crippen molar-refractivity contribution in [3.8, 4) is 38.3 Å². The largest absolute Gasteiger partial charge is 0.491 e. The number of fused-ring (bicyclic) bond motifs is 1. The summed E-state index contributed by atoms with van der Waals surface area (Å²) in [6.07, 6.45) is 3.41. The molecule has 0 bridgehead atoms. The molecule has 0 aliphatic heterocycles. The second-order valence-corrected chi connectivity index (χ2v) is 7.62. The van der Waals surface area contributed by atoms with Gasteiger partial charge in [-0.05, 0) is 13.0 Å². The Balaban J connectivity index is 1.69. The number of nitrogens with one attached hydrogen (secondary N) is 1. The highest BCUT2D eigenvalue weighted by molar-refractivity contribution is 7.19. The molecular weight excluding hydrogens is 400 g/mol. The molecule has 0 saturated carbocycles. The van der Waals surface area contributed by atoms with Crippen LogP contribution in [0.2, 0.25) is 0 Å². The van der Waals surface area contributed by atoms with Gasteiger partial charge < -0.3 is 14.8 Å². The number of aliphatic hydroxyl groups excluding tert-OH is 1. The fourth-order valence-electron chi connectivity index (χ4n) is 3.36. The number of H-pyrrole nitrogens is 1. The first kappa shape index (κ1) is 18.5. The summed E-state index contributed by atoms with van der Waals surface area (Å²) in [5.41, 5.74) is 4.55. The van der Waals surface area contributed by atoms with E-state index in [4.69, 9.17) is 14.8 Å². The molecule has 5 aromatic rings. The molecule has 0 radical (unpaired) electrons. The van der Waals surface area contributed by atoms with Gasteiger partial charge in [-0.25, -0.2) is 9.50 Å². The van der Waals surface area contributed by atoms with E-state index in [-0.39, 0.29) is 13.2 Å². The summed E-state index contributed by atoms with van der Waals surface area (Å²) in [5, 5.41) is 22.6. The third-order valence-electron chi connectivity index (χ3n) is 4.66. The fraction of sp³-hybridized carbons (Fsp3) is 0.143. The van der Waals surface area contributed by atoms with Gasteiger partial charge in [-0.1, -0.05) is 30.3 Å². The molecule has 8 nitrogen and oxygen atoms in total. The summed E-state index contributed by atoms with van der Waals surface area (Å²) in [5.74, 6) is 1.35. The highest BCUT2D eigenvalue weighted by Crippen LogP contribution is 2.41. The standard InChI is InChI=1S/C21H18N6O2S/c1-13-17(16-11-15(29-10-9-28)7-8-27(16)26-13)21-24-18(14-5-3-2-4-6-14)19(30-21)20-22-12-23-25-20/h2-8,11-12,28H,9-10H2,1H3,(H,22,23,25). The van der Waals surface area contributed by atoms with E-state index in [9.17, 15) is 0 Å². The Morgan fingerprint density at radius 3 is 2.83 bits per heavy atom. The van der Waals surface area contributed by atoms with Crippen LogP contribution in [0.25, 0.3) is 38.0 Å². The number of hydrogen-bond donors (Lipinski definition) is 2. The van der Waals surface area contributed by atoms with Crippen molar-refractivity contribution in [2.24, 2.45) is 0 Å². The van der Waals surface area contributed by atoms with Crippen molar-refractivity contribution in [1.82, 2.24) is 29.8 Å². The molecule has 4 heterocycles. The summed E-state index contributed by atoms with van der Waals surface area (Å²) in [4.78, 5) is 8.99. The predicted molar refractivity (Wildman–Crippen MR) is 114 cm³/mol. The Kier molecular flexibility index (Phi) is 4.74. The smallest absolute Gasteiger partial charge is 0.173 e. The molecule has 0 atom stereocenters. The number of hydrogen-bond acceptors (Lipinski definition) is 7. The van der Waals surface area contributed by atoms with Gasteiger partial charge in [0, 0.05) is 17.8 Å². The number of aryl methyl sites for hydroxylation is 1. The third kappa shape index (κ3) is 3.23. The van der Waals surface area contributed by atoms with E-state index in [0.717, 1.165) is 37.9 Å². The minimum absolute atomic E-state index is 0.0379. The van der Waals surface area contributed by atoms with E-state index >= 15 is 0 Å². The first-order chi connectivity index (χ1) is 14.7. The van der Waals surface area contributed by atoms with E-state index in [1.54, 1.807) is 17.7 Å². The average Bonchev–Trinajstić information content (AvgIpc) is 3.50. The van der Waals surface area contributed by atoms with Gasteiger partial charge in [0.2, 0.25) is 0 Å². The normalized spacial score (nSPS) is 11.3. The zero-order valence-corrected chi connectivity index (χ0v) is 16.9. The van der Waals surface area contributed by atoms with Gasteiger partial charge in [0.15, 0.2) is 5.82 Å². The molecule has 2 N–H and O–H groups in total. The number of nitrogens with zero attached hydrogens (tertiary/aromatic N) is 5. The molecule has 0 amide bonds. The molecule has 4 aromatic heterocycles. The van der Waals surface area contributed by atoms with E-state index in [0.29, 0.717) is 11.6 Å². The van der Waals surface area contributed by atoms with Gasteiger partial charge in [0.25, 0.3) is 0 Å². The fourth-order valence-corrected chi connectivity index (χ4v) is 4.50. The Hall–Kier alpha value is -3.56. The molecule has 0 saturated heterocycles. The number of rotatable bonds is 6. The van der Waals surface area contributed by atoms with Crippen LogP contribution in [0.5, 0.6) is 5.75 Å². The maximum absolute atomic E-state index is 9.04. The molecule has 9 heteroatoms. The molecular formula is C21H18N6O2S. The van der Waals surface area contributed by atoms with Gasteiger partial charge >= 0.3 is 0 Å². The van der Waals surface area contributed by atoms with E-state index in [2.05, 4.69) is 20.3 Å². The van der Waals surface area contributed by atoms with Crippen LogP contribution in [0.3, 0.4) is 0 Å². The van der Waals surface area contributed by atoms with Crippen molar-refractivity contribution < 1.29 is 9.84 Å². The Bertz CT molecular complexity index is 1290. The van der Waals surface area contributed by atoms with E-state index in [1.165, 1.54) is 0 Å². The summed E-state index contributed by atoms with van der Waals surface area (Å²) in [6.45, 7) is 2.17. The van der Waals surface area contributed by atoms with Crippen LogP contribution in [0.1, 0.15) is 5.69 Å². The average molecular weight is 418 g/mol. The Morgan fingerprint density at radius 2 is 2.07 bits per heavy atom. The number of aromatic nitrogens is 6. The monoisotopic (exact) mass is 418 g/mol. The SMILES string of the molecule is Cc1nn2ccc(OCCO)cc2c1-c1nc(-c2ccccc2)c(-c2nnc[nH]2)s1. The molecule has 0 aliphatic carbocycles. The van der Waals surface area contributed by atoms with Crippen LogP contribution in [-0.2, 0) is 0 Å². The zero-order chi connectivity index (χ0) is 20.5. The highest BCUT2D eigenvalue weighted by atomic mass is 32.1. The lowest BCUT2D eigenvalue weighted by Gasteiger charge is -2.04. The van der Waals surface area contributed by atoms with Gasteiger partial charge in [-0.2, -0.15) is 5.10 Å². The molecule has 0 aliphatic rings. The number of thiazole rings is 1. The van der Waals surface area contributed by atoms with E-state index < -0.39 is 0 Å². The van der Waals surface area contributed by atoms with Crippen LogP contribution in [0, 0.1) is 6.92 Å². The van der Waals surface area contributed by atoms with Crippen LogP contribution < -0.4 is 4.74 Å². The molecule has 1 aromatic carbocycles. The Morgan fingerprint density at radius 1 is 1.20 bits per heavy atom. The third-order valence-corrected chi connectivity index (χ3v) is 5.74. The van der Waals surface area contributed by atoms with Crippen LogP contribution in [0.4, 0.5) is 0 Å². The van der Waals surface area contributed by atoms with Crippen molar-refractivity contribution in [2.75, 3.05) is 13.2 Å².